The zero-order valence-corrected chi connectivity index (χ0v) is 18.1. The number of para-hydroxylation sites is 2. The van der Waals surface area contributed by atoms with Crippen LogP contribution in [0.2, 0.25) is 0 Å². The highest BCUT2D eigenvalue weighted by atomic mass is 16.5. The van der Waals surface area contributed by atoms with Crippen LogP contribution in [-0.4, -0.2) is 55.0 Å². The number of aryl methyl sites for hydroxylation is 2. The van der Waals surface area contributed by atoms with Gasteiger partial charge in [-0.25, -0.2) is 0 Å². The van der Waals surface area contributed by atoms with Gasteiger partial charge in [0, 0.05) is 41.8 Å². The third-order valence-corrected chi connectivity index (χ3v) is 5.41. The monoisotopic (exact) mass is 393 g/mol. The number of H-pyrrole nitrogens is 1. The van der Waals surface area contributed by atoms with Gasteiger partial charge >= 0.3 is 0 Å². The highest BCUT2D eigenvalue weighted by Crippen LogP contribution is 2.26. The number of nitrogens with zero attached hydrogens (tertiary/aromatic N) is 2. The number of carbonyl (C=O) groups is 1. The van der Waals surface area contributed by atoms with Crippen molar-refractivity contribution in [1.29, 1.82) is 0 Å². The molecule has 0 radical (unpaired) electrons. The zero-order valence-electron chi connectivity index (χ0n) is 18.1. The highest BCUT2D eigenvalue weighted by Gasteiger charge is 2.20. The molecule has 0 aliphatic heterocycles. The van der Waals surface area contributed by atoms with Crippen LogP contribution in [-0.2, 0) is 17.8 Å². The second-order valence-electron chi connectivity index (χ2n) is 7.83. The van der Waals surface area contributed by atoms with Crippen LogP contribution in [0.4, 0.5) is 0 Å². The third kappa shape index (κ3) is 4.80. The molecule has 0 saturated heterocycles. The number of carbonyl (C=O) groups excluding carboxylic acids is 1. The largest absolute Gasteiger partial charge is 0.496 e. The highest BCUT2D eigenvalue weighted by molar-refractivity contribution is 5.91. The van der Waals surface area contributed by atoms with Gasteiger partial charge in [0.15, 0.2) is 0 Å². The summed E-state index contributed by atoms with van der Waals surface area (Å²) in [6, 6.07) is 14.1. The van der Waals surface area contributed by atoms with Gasteiger partial charge in [0.1, 0.15) is 5.75 Å². The minimum atomic E-state index is 0.128. The average Bonchev–Trinajstić information content (AvgIpc) is 3.02. The van der Waals surface area contributed by atoms with E-state index in [9.17, 15) is 4.79 Å². The van der Waals surface area contributed by atoms with E-state index in [0.717, 1.165) is 40.0 Å². The number of aromatic nitrogens is 1. The van der Waals surface area contributed by atoms with Crippen molar-refractivity contribution >= 4 is 16.8 Å². The first-order valence-electron chi connectivity index (χ1n) is 10.0. The van der Waals surface area contributed by atoms with Crippen molar-refractivity contribution in [3.8, 4) is 5.75 Å². The first-order chi connectivity index (χ1) is 13.9. The third-order valence-electron chi connectivity index (χ3n) is 5.41. The standard InChI is InChI=1S/C24H31N3O2/c1-17-9-8-11-20-21(18(2)25-24(17)20)15-23(28)27(14-13-26(3)4)16-19-10-6-7-12-22(19)29-5/h6-12,25H,13-16H2,1-5H3. The Kier molecular flexibility index (Phi) is 6.60. The molecule has 0 aliphatic carbocycles. The molecule has 1 N–H and O–H groups in total. The van der Waals surface area contributed by atoms with E-state index >= 15 is 0 Å². The lowest BCUT2D eigenvalue weighted by Gasteiger charge is -2.25. The van der Waals surface area contributed by atoms with Gasteiger partial charge in [0.2, 0.25) is 5.91 Å². The molecule has 3 rings (SSSR count). The van der Waals surface area contributed by atoms with Gasteiger partial charge in [-0.15, -0.1) is 0 Å². The minimum absolute atomic E-state index is 0.128. The van der Waals surface area contributed by atoms with Crippen LogP contribution in [0.15, 0.2) is 42.5 Å². The molecule has 29 heavy (non-hydrogen) atoms. The van der Waals surface area contributed by atoms with E-state index in [1.807, 2.05) is 50.2 Å². The molecule has 1 heterocycles. The Morgan fingerprint density at radius 2 is 1.79 bits per heavy atom. The van der Waals surface area contributed by atoms with Crippen molar-refractivity contribution in [2.45, 2.75) is 26.8 Å². The van der Waals surface area contributed by atoms with Crippen LogP contribution in [0.5, 0.6) is 5.75 Å². The lowest BCUT2D eigenvalue weighted by atomic mass is 10.0. The fourth-order valence-electron chi connectivity index (χ4n) is 3.69. The Balaban J connectivity index is 1.87. The molecule has 0 fully saturated rings. The summed E-state index contributed by atoms with van der Waals surface area (Å²) in [5.74, 6) is 0.942. The number of rotatable bonds is 8. The molecule has 1 aromatic heterocycles. The fourth-order valence-corrected chi connectivity index (χ4v) is 3.69. The maximum Gasteiger partial charge on any atom is 0.227 e. The van der Waals surface area contributed by atoms with Crippen LogP contribution in [0.3, 0.4) is 0 Å². The van der Waals surface area contributed by atoms with E-state index in [1.54, 1.807) is 7.11 Å². The average molecular weight is 394 g/mol. The van der Waals surface area contributed by atoms with E-state index in [1.165, 1.54) is 5.56 Å². The van der Waals surface area contributed by atoms with Crippen LogP contribution < -0.4 is 4.74 Å². The van der Waals surface area contributed by atoms with Gasteiger partial charge < -0.3 is 19.5 Å². The molecule has 0 unspecified atom stereocenters. The van der Waals surface area contributed by atoms with Crippen LogP contribution in [0, 0.1) is 13.8 Å². The zero-order chi connectivity index (χ0) is 21.0. The smallest absolute Gasteiger partial charge is 0.227 e. The maximum atomic E-state index is 13.4. The maximum absolute atomic E-state index is 13.4. The number of methoxy groups -OCH3 is 1. The second kappa shape index (κ2) is 9.14. The van der Waals surface area contributed by atoms with E-state index in [4.69, 9.17) is 4.74 Å². The van der Waals surface area contributed by atoms with Gasteiger partial charge in [-0.2, -0.15) is 0 Å². The molecular formula is C24H31N3O2. The van der Waals surface area contributed by atoms with Crippen molar-refractivity contribution in [1.82, 2.24) is 14.8 Å². The molecule has 5 heteroatoms. The van der Waals surface area contributed by atoms with Gasteiger partial charge in [0.05, 0.1) is 13.5 Å². The summed E-state index contributed by atoms with van der Waals surface area (Å²) in [5, 5.41) is 1.14. The predicted octanol–water partition coefficient (Wildman–Crippen LogP) is 3.93. The molecule has 154 valence electrons. The van der Waals surface area contributed by atoms with Crippen molar-refractivity contribution in [3.63, 3.8) is 0 Å². The minimum Gasteiger partial charge on any atom is -0.496 e. The van der Waals surface area contributed by atoms with Gasteiger partial charge in [-0.3, -0.25) is 4.79 Å². The Morgan fingerprint density at radius 3 is 2.52 bits per heavy atom. The number of fused-ring (bicyclic) bond motifs is 1. The summed E-state index contributed by atoms with van der Waals surface area (Å²) in [6.07, 6.45) is 0.387. The van der Waals surface area contributed by atoms with Gasteiger partial charge in [0.25, 0.3) is 0 Å². The quantitative estimate of drug-likeness (QED) is 0.631. The van der Waals surface area contributed by atoms with E-state index < -0.39 is 0 Å². The number of amides is 1. The van der Waals surface area contributed by atoms with Gasteiger partial charge in [-0.05, 0) is 45.1 Å². The number of benzene rings is 2. The lowest BCUT2D eigenvalue weighted by molar-refractivity contribution is -0.131. The predicted molar refractivity (Wildman–Crippen MR) is 118 cm³/mol. The number of nitrogens with one attached hydrogen (secondary N) is 1. The summed E-state index contributed by atoms with van der Waals surface area (Å²) in [5.41, 5.74) is 5.49. The van der Waals surface area contributed by atoms with Crippen LogP contribution >= 0.6 is 0 Å². The number of hydrogen-bond donors (Lipinski definition) is 1. The van der Waals surface area contributed by atoms with E-state index in [-0.39, 0.29) is 5.91 Å². The molecule has 0 saturated carbocycles. The fraction of sp³-hybridized carbons (Fsp3) is 0.375. The Hall–Kier alpha value is -2.79. The van der Waals surface area contributed by atoms with Crippen molar-refractivity contribution in [3.05, 3.63) is 64.8 Å². The summed E-state index contributed by atoms with van der Waals surface area (Å²) >= 11 is 0. The Morgan fingerprint density at radius 1 is 1.03 bits per heavy atom. The number of likely N-dealkylation sites (N-methyl/N-ethyl adjacent to an activating group) is 1. The molecule has 5 nitrogen and oxygen atoms in total. The summed E-state index contributed by atoms with van der Waals surface area (Å²) in [6.45, 7) is 6.16. The van der Waals surface area contributed by atoms with Crippen molar-refractivity contribution in [2.24, 2.45) is 0 Å². The SMILES string of the molecule is COc1ccccc1CN(CCN(C)C)C(=O)Cc1c(C)[nH]c2c(C)cccc12. The van der Waals surface area contributed by atoms with E-state index in [0.29, 0.717) is 19.5 Å². The molecule has 2 aromatic carbocycles. The Labute approximate surface area is 173 Å². The molecule has 0 spiro atoms. The molecule has 0 bridgehead atoms. The molecule has 0 atom stereocenters. The van der Waals surface area contributed by atoms with Crippen LogP contribution in [0.1, 0.15) is 22.4 Å². The molecule has 0 aliphatic rings. The van der Waals surface area contributed by atoms with Crippen molar-refractivity contribution < 1.29 is 9.53 Å². The summed E-state index contributed by atoms with van der Waals surface area (Å²) in [4.78, 5) is 20.9. The van der Waals surface area contributed by atoms with Crippen molar-refractivity contribution in [2.75, 3.05) is 34.3 Å². The first-order valence-corrected chi connectivity index (χ1v) is 10.0. The molecule has 3 aromatic rings. The van der Waals surface area contributed by atoms with Crippen LogP contribution in [0.25, 0.3) is 10.9 Å². The normalized spacial score (nSPS) is 11.2. The lowest BCUT2D eigenvalue weighted by Crippen LogP contribution is -2.37. The molecule has 1 amide bonds. The second-order valence-corrected chi connectivity index (χ2v) is 7.83. The first kappa shape index (κ1) is 20.9. The summed E-state index contributed by atoms with van der Waals surface area (Å²) < 4.78 is 5.49. The van der Waals surface area contributed by atoms with Gasteiger partial charge in [-0.1, -0.05) is 36.4 Å². The Bertz CT molecular complexity index is 991. The van der Waals surface area contributed by atoms with E-state index in [2.05, 4.69) is 35.0 Å². The summed E-state index contributed by atoms with van der Waals surface area (Å²) in [7, 11) is 5.72. The number of hydrogen-bond acceptors (Lipinski definition) is 3. The number of aromatic amines is 1. The molecular weight excluding hydrogens is 362 g/mol. The number of ether oxygens (including phenoxy) is 1. The topological polar surface area (TPSA) is 48.6 Å².